The molecule has 5 amide bonds. The quantitative estimate of drug-likeness (QED) is 0.0459. The summed E-state index contributed by atoms with van der Waals surface area (Å²) in [7, 11) is 1.60. The van der Waals surface area contributed by atoms with E-state index in [1.807, 2.05) is 127 Å². The van der Waals surface area contributed by atoms with Gasteiger partial charge in [-0.2, -0.15) is 0 Å². The number of hydrogen-bond acceptors (Lipinski definition) is 14. The van der Waals surface area contributed by atoms with E-state index in [-0.39, 0.29) is 73.7 Å². The number of amides is 5. The van der Waals surface area contributed by atoms with E-state index in [0.29, 0.717) is 24.2 Å². The molecule has 2 fully saturated rings. The van der Waals surface area contributed by atoms with E-state index in [1.54, 1.807) is 47.4 Å². The molecule has 0 spiro atoms. The summed E-state index contributed by atoms with van der Waals surface area (Å²) in [5.74, 6) is -1.52. The highest BCUT2D eigenvalue weighted by Gasteiger charge is 2.48. The number of ether oxygens (including phenoxy) is 2. The van der Waals surface area contributed by atoms with Crippen LogP contribution in [0.1, 0.15) is 97.9 Å². The van der Waals surface area contributed by atoms with Crippen LogP contribution in [0.3, 0.4) is 0 Å². The first-order valence-corrected chi connectivity index (χ1v) is 29.5. The minimum atomic E-state index is -1.07. The summed E-state index contributed by atoms with van der Waals surface area (Å²) in [4.78, 5) is 87.5. The van der Waals surface area contributed by atoms with Gasteiger partial charge in [-0.15, -0.1) is 22.7 Å². The third-order valence-electron chi connectivity index (χ3n) is 15.4. The summed E-state index contributed by atoms with van der Waals surface area (Å²) in [6, 6.07) is 22.7. The van der Waals surface area contributed by atoms with Gasteiger partial charge in [-0.25, -0.2) is 9.97 Å². The maximum absolute atomic E-state index is 15.0. The van der Waals surface area contributed by atoms with Gasteiger partial charge >= 0.3 is 0 Å². The van der Waals surface area contributed by atoms with Crippen molar-refractivity contribution in [3.8, 4) is 32.4 Å². The fraction of sp³-hybridized carbons (Fsp3) is 0.426. The molecule has 2 saturated heterocycles. The molecule has 3 aliphatic heterocycles. The number of likely N-dealkylation sites (tertiary alicyclic amines) is 2. The van der Waals surface area contributed by atoms with Crippen molar-refractivity contribution in [2.45, 2.75) is 136 Å². The van der Waals surface area contributed by atoms with E-state index < -0.39 is 71.7 Å². The molecule has 1 unspecified atom stereocenters. The van der Waals surface area contributed by atoms with E-state index in [1.165, 1.54) is 14.7 Å². The SMILES string of the molecule is COc1cccc(CCC(O)N[C@H](C(=O)N2C[C@H](Oc3ccc4c(c3Cl)CN([C@H](C(=O)N3C[C@H](O)C[C@H]3C(=O)NCc3ccc(-c5scnc5C)cc3)C(C)C)C4=O)C[C@H]2C(=O)NCc2ccc(-c3scnc3C)cc2)C(C)(C)C)c1. The van der Waals surface area contributed by atoms with Gasteiger partial charge in [-0.1, -0.05) is 107 Å². The first-order chi connectivity index (χ1) is 38.7. The van der Waals surface area contributed by atoms with Crippen LogP contribution < -0.4 is 25.4 Å². The smallest absolute Gasteiger partial charge is 0.255 e. The van der Waals surface area contributed by atoms with Crippen LogP contribution in [0.4, 0.5) is 0 Å². The Bertz CT molecular complexity index is 3250. The zero-order valence-corrected chi connectivity index (χ0v) is 49.3. The fourth-order valence-corrected chi connectivity index (χ4v) is 13.0. The third kappa shape index (κ3) is 13.3. The van der Waals surface area contributed by atoms with Crippen LogP contribution in [0.15, 0.2) is 96.0 Å². The monoisotopic (exact) mass is 1160 g/mol. The number of nitrogens with zero attached hydrogens (tertiary/aromatic N) is 5. The zero-order chi connectivity index (χ0) is 57.9. The Balaban J connectivity index is 0.896. The maximum atomic E-state index is 15.0. The molecular weight excluding hydrogens is 1090 g/mol. The topological polar surface area (TPSA) is 216 Å². The standard InChI is InChI=1S/C61H71ClN8O9S2/c1-34(2)52(59(76)68-29-42(71)25-47(68)56(73)63-27-38-12-17-40(18-13-38)53-35(3)65-32-80-53)70-31-46-45(58(70)75)21-22-49(51(46)62)79-44-26-48(57(74)64-28-39-14-19-41(20-15-39)54-36(4)66-33-81-54)69(30-44)60(77)55(61(5,6)7)67-50(72)23-16-37-10-9-11-43(24-37)78-8/h9-15,17-22,24,32-34,42,44,47-48,50,52,55,67,71-72H,16,23,25-31H2,1-8H3,(H,63,73)(H,64,74)/t42-,44-,47+,48+,50?,52+,55-/m1/s1. The molecule has 0 aliphatic carbocycles. The highest BCUT2D eigenvalue weighted by Crippen LogP contribution is 2.40. The van der Waals surface area contributed by atoms with E-state index >= 15 is 0 Å². The first kappa shape index (κ1) is 58.9. The summed E-state index contributed by atoms with van der Waals surface area (Å²) in [5.41, 5.74) is 10.3. The molecule has 5 heterocycles. The Hall–Kier alpha value is -6.74. The number of hydrogen-bond donors (Lipinski definition) is 5. The van der Waals surface area contributed by atoms with Crippen LogP contribution in [0.25, 0.3) is 20.9 Å². The molecule has 20 heteroatoms. The van der Waals surface area contributed by atoms with E-state index in [2.05, 4.69) is 25.9 Å². The second-order valence-electron chi connectivity index (χ2n) is 22.6. The van der Waals surface area contributed by atoms with Gasteiger partial charge in [0.15, 0.2) is 0 Å². The Labute approximate surface area is 486 Å². The van der Waals surface area contributed by atoms with Crippen molar-refractivity contribution in [2.75, 3.05) is 20.2 Å². The van der Waals surface area contributed by atoms with E-state index in [0.717, 1.165) is 49.0 Å². The van der Waals surface area contributed by atoms with Crippen molar-refractivity contribution in [3.63, 3.8) is 0 Å². The highest BCUT2D eigenvalue weighted by atomic mass is 35.5. The fourth-order valence-electron chi connectivity index (χ4n) is 11.1. The number of carbonyl (C=O) groups is 5. The summed E-state index contributed by atoms with van der Waals surface area (Å²) in [5, 5.41) is 31.7. The Morgan fingerprint density at radius 1 is 0.790 bits per heavy atom. The Morgan fingerprint density at radius 2 is 1.37 bits per heavy atom. The number of β-amino-alcohol motifs (C(OH)–C–C–N with tert-alkyl or cyclic N) is 1. The van der Waals surface area contributed by atoms with Gasteiger partial charge in [-0.05, 0) is 90.1 Å². The van der Waals surface area contributed by atoms with Gasteiger partial charge in [0.2, 0.25) is 23.6 Å². The normalized spacial score (nSPS) is 19.2. The Morgan fingerprint density at radius 3 is 1.91 bits per heavy atom. The molecule has 428 valence electrons. The lowest BCUT2D eigenvalue weighted by Crippen LogP contribution is -2.58. The second kappa shape index (κ2) is 25.2. The molecular formula is C61H71ClN8O9S2. The predicted octanol–water partition coefficient (Wildman–Crippen LogP) is 8.09. The summed E-state index contributed by atoms with van der Waals surface area (Å²) < 4.78 is 12.0. The van der Waals surface area contributed by atoms with Crippen molar-refractivity contribution in [3.05, 3.63) is 140 Å². The minimum absolute atomic E-state index is 0.00627. The molecule has 0 saturated carbocycles. The average Bonchev–Trinajstić information content (AvgIpc) is 4.35. The molecule has 9 rings (SSSR count). The van der Waals surface area contributed by atoms with E-state index in [4.69, 9.17) is 21.1 Å². The summed E-state index contributed by atoms with van der Waals surface area (Å²) in [6.07, 6.45) is -1.77. The molecule has 5 N–H and O–H groups in total. The molecule has 0 radical (unpaired) electrons. The van der Waals surface area contributed by atoms with Crippen molar-refractivity contribution in [1.82, 2.24) is 40.6 Å². The number of fused-ring (bicyclic) bond motifs is 1. The lowest BCUT2D eigenvalue weighted by Gasteiger charge is -2.36. The minimum Gasteiger partial charge on any atom is -0.497 e. The lowest BCUT2D eigenvalue weighted by molar-refractivity contribution is -0.143. The van der Waals surface area contributed by atoms with Gasteiger partial charge < -0.3 is 45.0 Å². The number of carbonyl (C=O) groups excluding carboxylic acids is 5. The van der Waals surface area contributed by atoms with Crippen molar-refractivity contribution in [2.24, 2.45) is 11.3 Å². The maximum Gasteiger partial charge on any atom is 0.255 e. The van der Waals surface area contributed by atoms with Crippen molar-refractivity contribution in [1.29, 1.82) is 0 Å². The number of aryl methyl sites for hydroxylation is 3. The summed E-state index contributed by atoms with van der Waals surface area (Å²) >= 11 is 10.3. The largest absolute Gasteiger partial charge is 0.497 e. The number of aliphatic hydroxyl groups excluding tert-OH is 2. The van der Waals surface area contributed by atoms with Gasteiger partial charge in [0, 0.05) is 50.1 Å². The molecule has 81 heavy (non-hydrogen) atoms. The lowest BCUT2D eigenvalue weighted by atomic mass is 9.85. The van der Waals surface area contributed by atoms with Gasteiger partial charge in [-0.3, -0.25) is 29.3 Å². The van der Waals surface area contributed by atoms with Crippen molar-refractivity contribution < 1.29 is 43.7 Å². The van der Waals surface area contributed by atoms with Crippen LogP contribution >= 0.6 is 34.3 Å². The predicted molar refractivity (Wildman–Crippen MR) is 313 cm³/mol. The van der Waals surface area contributed by atoms with E-state index in [9.17, 15) is 34.2 Å². The number of thiazole rings is 2. The number of methoxy groups -OCH3 is 1. The third-order valence-corrected chi connectivity index (χ3v) is 17.8. The molecule has 7 atom stereocenters. The van der Waals surface area contributed by atoms with Crippen LogP contribution in [0.5, 0.6) is 11.5 Å². The van der Waals surface area contributed by atoms with Crippen molar-refractivity contribution >= 4 is 63.8 Å². The molecule has 4 aromatic carbocycles. The number of rotatable bonds is 20. The number of benzene rings is 4. The molecule has 2 aromatic heterocycles. The van der Waals surface area contributed by atoms with Crippen LogP contribution in [0.2, 0.25) is 5.02 Å². The second-order valence-corrected chi connectivity index (χ2v) is 24.7. The van der Waals surface area contributed by atoms with Crippen LogP contribution in [-0.4, -0.2) is 127 Å². The molecule has 3 aliphatic rings. The average molecular weight is 1160 g/mol. The summed E-state index contributed by atoms with van der Waals surface area (Å²) in [6.45, 7) is 13.6. The Kier molecular flexibility index (Phi) is 18.3. The zero-order valence-electron chi connectivity index (χ0n) is 46.9. The highest BCUT2D eigenvalue weighted by molar-refractivity contribution is 7.13. The number of aromatic nitrogens is 2. The van der Waals surface area contributed by atoms with Gasteiger partial charge in [0.1, 0.15) is 42.0 Å². The van der Waals surface area contributed by atoms with Gasteiger partial charge in [0.05, 0.1) is 63.0 Å². The first-order valence-electron chi connectivity index (χ1n) is 27.4. The molecule has 0 bridgehead atoms. The van der Waals surface area contributed by atoms with Crippen LogP contribution in [0, 0.1) is 25.2 Å². The van der Waals surface area contributed by atoms with Crippen LogP contribution in [-0.2, 0) is 45.2 Å². The number of aliphatic hydroxyl groups is 2. The number of halogens is 1. The van der Waals surface area contributed by atoms with Gasteiger partial charge in [0.25, 0.3) is 5.91 Å². The number of nitrogens with one attached hydrogen (secondary N) is 3. The molecule has 6 aromatic rings. The molecule has 17 nitrogen and oxygen atoms in total.